The molecule has 0 bridgehead atoms. The van der Waals surface area contributed by atoms with Gasteiger partial charge in [-0.2, -0.15) is 0 Å². The van der Waals surface area contributed by atoms with Crippen molar-refractivity contribution >= 4 is 0 Å². The van der Waals surface area contributed by atoms with Crippen LogP contribution in [0.4, 0.5) is 0 Å². The lowest BCUT2D eigenvalue weighted by Gasteiger charge is -2.10. The number of H-pyrrole nitrogens is 1. The smallest absolute Gasteiger partial charge is 0.240 e. The van der Waals surface area contributed by atoms with Crippen molar-refractivity contribution in [3.63, 3.8) is 0 Å². The Labute approximate surface area is 100 Å². The van der Waals surface area contributed by atoms with Gasteiger partial charge in [0.15, 0.2) is 0 Å². The van der Waals surface area contributed by atoms with Crippen molar-refractivity contribution < 1.29 is 4.74 Å². The number of aromatic nitrogens is 3. The molecule has 2 aromatic heterocycles. The van der Waals surface area contributed by atoms with Gasteiger partial charge in [0.05, 0.1) is 0 Å². The molecule has 2 rings (SSSR count). The van der Waals surface area contributed by atoms with Crippen LogP contribution in [0.15, 0.2) is 24.4 Å². The Morgan fingerprint density at radius 3 is 2.82 bits per heavy atom. The molecule has 0 spiro atoms. The maximum absolute atomic E-state index is 5.55. The molecule has 0 saturated carbocycles. The molecule has 90 valence electrons. The monoisotopic (exact) mass is 232 g/mol. The average Bonchev–Trinajstić information content (AvgIpc) is 2.74. The van der Waals surface area contributed by atoms with Gasteiger partial charge < -0.3 is 10.1 Å². The molecule has 2 N–H and O–H groups in total. The Morgan fingerprint density at radius 2 is 2.18 bits per heavy atom. The van der Waals surface area contributed by atoms with Gasteiger partial charge in [0.25, 0.3) is 0 Å². The van der Waals surface area contributed by atoms with E-state index in [2.05, 4.69) is 27.4 Å². The zero-order valence-electron chi connectivity index (χ0n) is 10.2. The SMILES string of the molecule is CNC(C)c1ccnc(Oc2cc(C)[nH]n2)c1. The van der Waals surface area contributed by atoms with Gasteiger partial charge in [-0.3, -0.25) is 5.10 Å². The first-order valence-corrected chi connectivity index (χ1v) is 5.52. The summed E-state index contributed by atoms with van der Waals surface area (Å²) in [4.78, 5) is 4.16. The van der Waals surface area contributed by atoms with Crippen LogP contribution in [-0.4, -0.2) is 22.2 Å². The van der Waals surface area contributed by atoms with Crippen LogP contribution in [0.25, 0.3) is 0 Å². The van der Waals surface area contributed by atoms with Gasteiger partial charge in [-0.25, -0.2) is 4.98 Å². The highest BCUT2D eigenvalue weighted by Crippen LogP contribution is 2.20. The van der Waals surface area contributed by atoms with E-state index in [0.29, 0.717) is 11.8 Å². The highest BCUT2D eigenvalue weighted by molar-refractivity contribution is 5.26. The fourth-order valence-electron chi connectivity index (χ4n) is 1.47. The molecule has 2 heterocycles. The summed E-state index contributed by atoms with van der Waals surface area (Å²) < 4.78 is 5.55. The van der Waals surface area contributed by atoms with Crippen molar-refractivity contribution in [1.82, 2.24) is 20.5 Å². The van der Waals surface area contributed by atoms with Crippen LogP contribution in [0.5, 0.6) is 11.8 Å². The molecule has 5 nitrogen and oxygen atoms in total. The van der Waals surface area contributed by atoms with Gasteiger partial charge in [-0.1, -0.05) is 0 Å². The van der Waals surface area contributed by atoms with Crippen LogP contribution < -0.4 is 10.1 Å². The molecule has 0 radical (unpaired) electrons. The predicted molar refractivity (Wildman–Crippen MR) is 65.1 cm³/mol. The third-order valence-electron chi connectivity index (χ3n) is 2.58. The Kier molecular flexibility index (Phi) is 3.39. The quantitative estimate of drug-likeness (QED) is 0.848. The summed E-state index contributed by atoms with van der Waals surface area (Å²) >= 11 is 0. The molecule has 1 unspecified atom stereocenters. The summed E-state index contributed by atoms with van der Waals surface area (Å²) in [5.74, 6) is 1.08. The maximum atomic E-state index is 5.55. The standard InChI is InChI=1S/C12H16N4O/c1-8-6-12(16-15-8)17-11-7-10(4-5-14-11)9(2)13-3/h4-7,9,13H,1-3H3,(H,15,16). The highest BCUT2D eigenvalue weighted by Gasteiger charge is 2.06. The molecule has 0 saturated heterocycles. The Bertz CT molecular complexity index is 495. The fourth-order valence-corrected chi connectivity index (χ4v) is 1.47. The summed E-state index contributed by atoms with van der Waals surface area (Å²) in [6.07, 6.45) is 1.73. The molecular weight excluding hydrogens is 216 g/mol. The number of ether oxygens (including phenoxy) is 1. The first kappa shape index (κ1) is 11.6. The second kappa shape index (κ2) is 4.97. The van der Waals surface area contributed by atoms with E-state index in [1.807, 2.05) is 32.2 Å². The van der Waals surface area contributed by atoms with Crippen LogP contribution in [0.3, 0.4) is 0 Å². The number of hydrogen-bond donors (Lipinski definition) is 2. The van der Waals surface area contributed by atoms with Crippen molar-refractivity contribution in [2.45, 2.75) is 19.9 Å². The van der Waals surface area contributed by atoms with Crippen molar-refractivity contribution in [1.29, 1.82) is 0 Å². The van der Waals surface area contributed by atoms with Crippen molar-refractivity contribution in [2.75, 3.05) is 7.05 Å². The summed E-state index contributed by atoms with van der Waals surface area (Å²) in [6, 6.07) is 5.96. The summed E-state index contributed by atoms with van der Waals surface area (Å²) in [6.45, 7) is 4.00. The Balaban J connectivity index is 2.16. The van der Waals surface area contributed by atoms with Crippen LogP contribution in [0.2, 0.25) is 0 Å². The van der Waals surface area contributed by atoms with E-state index in [0.717, 1.165) is 11.3 Å². The zero-order chi connectivity index (χ0) is 12.3. The largest absolute Gasteiger partial charge is 0.419 e. The number of hydrogen-bond acceptors (Lipinski definition) is 4. The van der Waals surface area contributed by atoms with Crippen molar-refractivity contribution in [3.05, 3.63) is 35.7 Å². The minimum absolute atomic E-state index is 0.265. The third kappa shape index (κ3) is 2.82. The molecule has 0 amide bonds. The van der Waals surface area contributed by atoms with Crippen LogP contribution >= 0.6 is 0 Å². The van der Waals surface area contributed by atoms with Gasteiger partial charge in [0, 0.05) is 30.1 Å². The van der Waals surface area contributed by atoms with E-state index in [4.69, 9.17) is 4.74 Å². The molecule has 1 atom stereocenters. The van der Waals surface area contributed by atoms with Gasteiger partial charge in [-0.15, -0.1) is 5.10 Å². The van der Waals surface area contributed by atoms with Crippen LogP contribution in [-0.2, 0) is 0 Å². The first-order chi connectivity index (χ1) is 8.19. The summed E-state index contributed by atoms with van der Waals surface area (Å²) in [5.41, 5.74) is 2.09. The van der Waals surface area contributed by atoms with E-state index in [9.17, 15) is 0 Å². The minimum Gasteiger partial charge on any atom is -0.419 e. The second-order valence-electron chi connectivity index (χ2n) is 3.93. The number of aromatic amines is 1. The van der Waals surface area contributed by atoms with Crippen LogP contribution in [0, 0.1) is 6.92 Å². The summed E-state index contributed by atoms with van der Waals surface area (Å²) in [5, 5.41) is 10.00. The van der Waals surface area contributed by atoms with Gasteiger partial charge in [-0.05, 0) is 32.5 Å². The normalized spacial score (nSPS) is 12.4. The molecule has 17 heavy (non-hydrogen) atoms. The first-order valence-electron chi connectivity index (χ1n) is 5.52. The van der Waals surface area contributed by atoms with E-state index in [1.165, 1.54) is 0 Å². The topological polar surface area (TPSA) is 62.8 Å². The lowest BCUT2D eigenvalue weighted by atomic mass is 10.1. The molecule has 0 aliphatic carbocycles. The second-order valence-corrected chi connectivity index (χ2v) is 3.93. The molecular formula is C12H16N4O. The van der Waals surface area contributed by atoms with Gasteiger partial charge in [0.2, 0.25) is 11.8 Å². The lowest BCUT2D eigenvalue weighted by Crippen LogP contribution is -2.12. The molecule has 0 aliphatic rings. The van der Waals surface area contributed by atoms with E-state index in [1.54, 1.807) is 6.20 Å². The molecule has 0 aliphatic heterocycles. The van der Waals surface area contributed by atoms with Gasteiger partial charge >= 0.3 is 0 Å². The van der Waals surface area contributed by atoms with Crippen molar-refractivity contribution in [2.24, 2.45) is 0 Å². The molecule has 2 aromatic rings. The summed E-state index contributed by atoms with van der Waals surface area (Å²) in [7, 11) is 1.92. The Morgan fingerprint density at radius 1 is 1.35 bits per heavy atom. The lowest BCUT2D eigenvalue weighted by molar-refractivity contribution is 0.441. The molecule has 5 heteroatoms. The third-order valence-corrected chi connectivity index (χ3v) is 2.58. The fraction of sp³-hybridized carbons (Fsp3) is 0.333. The molecule has 0 fully saturated rings. The average molecular weight is 232 g/mol. The predicted octanol–water partition coefficient (Wildman–Crippen LogP) is 2.19. The highest BCUT2D eigenvalue weighted by atomic mass is 16.5. The minimum atomic E-state index is 0.265. The van der Waals surface area contributed by atoms with E-state index in [-0.39, 0.29) is 6.04 Å². The number of aryl methyl sites for hydroxylation is 1. The van der Waals surface area contributed by atoms with Crippen molar-refractivity contribution in [3.8, 4) is 11.8 Å². The Hall–Kier alpha value is -1.88. The molecule has 0 aromatic carbocycles. The van der Waals surface area contributed by atoms with E-state index >= 15 is 0 Å². The number of nitrogens with zero attached hydrogens (tertiary/aromatic N) is 2. The van der Waals surface area contributed by atoms with E-state index < -0.39 is 0 Å². The number of nitrogens with one attached hydrogen (secondary N) is 2. The number of pyridine rings is 1. The maximum Gasteiger partial charge on any atom is 0.240 e. The van der Waals surface area contributed by atoms with Gasteiger partial charge in [0.1, 0.15) is 0 Å². The zero-order valence-corrected chi connectivity index (χ0v) is 10.2. The number of rotatable bonds is 4. The van der Waals surface area contributed by atoms with Crippen LogP contribution in [0.1, 0.15) is 24.2 Å².